The van der Waals surface area contributed by atoms with Gasteiger partial charge < -0.3 is 10.4 Å². The molecule has 3 aromatic rings. The van der Waals surface area contributed by atoms with Crippen LogP contribution in [0.4, 0.5) is 19.0 Å². The highest BCUT2D eigenvalue weighted by molar-refractivity contribution is 5.99. The lowest BCUT2D eigenvalue weighted by molar-refractivity contribution is -0.117. The van der Waals surface area contributed by atoms with Crippen molar-refractivity contribution in [3.05, 3.63) is 76.0 Å². The molecule has 3 heterocycles. The van der Waals surface area contributed by atoms with Gasteiger partial charge in [-0.3, -0.25) is 23.9 Å². The average molecular weight is 472 g/mol. The number of nitrogens with zero attached hydrogens (tertiary/aromatic N) is 3. The van der Waals surface area contributed by atoms with Crippen molar-refractivity contribution in [3.63, 3.8) is 0 Å². The van der Waals surface area contributed by atoms with Crippen LogP contribution in [0, 0.1) is 17.5 Å². The number of carbonyl (C=O) groups excluding carboxylic acids is 2. The molecule has 1 unspecified atom stereocenters. The topological polar surface area (TPSA) is 105 Å². The number of aliphatic hydroxyl groups is 1. The Kier molecular flexibility index (Phi) is 5.96. The molecule has 0 saturated carbocycles. The molecule has 1 aliphatic heterocycles. The smallest absolute Gasteiger partial charge is 0.260 e. The lowest BCUT2D eigenvalue weighted by Gasteiger charge is -2.18. The molecule has 1 aliphatic rings. The van der Waals surface area contributed by atoms with E-state index in [1.807, 2.05) is 0 Å². The molecule has 4 rings (SSSR count). The van der Waals surface area contributed by atoms with E-state index in [1.165, 1.54) is 17.0 Å². The average Bonchev–Trinajstić information content (AvgIpc) is 3.11. The predicted octanol–water partition coefficient (Wildman–Crippen LogP) is 2.55. The van der Waals surface area contributed by atoms with Gasteiger partial charge in [-0.2, -0.15) is 0 Å². The van der Waals surface area contributed by atoms with Crippen LogP contribution in [0.2, 0.25) is 0 Å². The second-order valence-corrected chi connectivity index (χ2v) is 7.77. The number of β-amino-alcohol motifs (C(OH)–C–C–N with tert-alkyl or cyclic N) is 1. The summed E-state index contributed by atoms with van der Waals surface area (Å²) in [5.41, 5.74) is -1.95. The molecule has 11 heteroatoms. The molecule has 1 atom stereocenters. The number of halogens is 3. The van der Waals surface area contributed by atoms with Crippen LogP contribution >= 0.6 is 0 Å². The lowest BCUT2D eigenvalue weighted by Crippen LogP contribution is -2.30. The number of aliphatic hydroxyl groups excluding tert-OH is 1. The molecular weight excluding hydrogens is 453 g/mol. The number of rotatable bonds is 5. The van der Waals surface area contributed by atoms with Crippen LogP contribution < -0.4 is 15.6 Å². The third-order valence-corrected chi connectivity index (χ3v) is 5.40. The number of allylic oxidation sites excluding steroid dienone is 1. The Balaban J connectivity index is 2.01. The molecule has 1 fully saturated rings. The van der Waals surface area contributed by atoms with Gasteiger partial charge in [0, 0.05) is 24.0 Å². The summed E-state index contributed by atoms with van der Waals surface area (Å²) < 4.78 is 43.8. The first kappa shape index (κ1) is 23.2. The van der Waals surface area contributed by atoms with Gasteiger partial charge in [0.15, 0.2) is 17.3 Å². The van der Waals surface area contributed by atoms with E-state index in [2.05, 4.69) is 16.9 Å². The molecule has 8 nitrogen and oxygen atoms in total. The quantitative estimate of drug-likeness (QED) is 0.594. The first-order valence-electron chi connectivity index (χ1n) is 10.3. The van der Waals surface area contributed by atoms with Crippen molar-refractivity contribution < 1.29 is 27.9 Å². The van der Waals surface area contributed by atoms with E-state index in [0.717, 1.165) is 10.8 Å². The Morgan fingerprint density at radius 2 is 1.91 bits per heavy atom. The fourth-order valence-corrected chi connectivity index (χ4v) is 3.67. The molecule has 34 heavy (non-hydrogen) atoms. The molecule has 1 aromatic carbocycles. The van der Waals surface area contributed by atoms with Crippen LogP contribution in [0.1, 0.15) is 30.1 Å². The van der Waals surface area contributed by atoms with Crippen LogP contribution in [-0.2, 0) is 4.79 Å². The van der Waals surface area contributed by atoms with Gasteiger partial charge >= 0.3 is 0 Å². The molecule has 1 saturated heterocycles. The predicted molar refractivity (Wildman–Crippen MR) is 117 cm³/mol. The zero-order valence-electron chi connectivity index (χ0n) is 17.9. The number of pyridine rings is 2. The lowest BCUT2D eigenvalue weighted by atomic mass is 10.1. The zero-order chi connectivity index (χ0) is 24.7. The Morgan fingerprint density at radius 1 is 1.24 bits per heavy atom. The van der Waals surface area contributed by atoms with Gasteiger partial charge in [-0.25, -0.2) is 18.2 Å². The maximum atomic E-state index is 14.7. The van der Waals surface area contributed by atoms with E-state index in [9.17, 15) is 32.7 Å². The number of carbonyl (C=O) groups is 2. The normalized spacial score (nSPS) is 15.7. The maximum absolute atomic E-state index is 14.7. The van der Waals surface area contributed by atoms with Crippen molar-refractivity contribution in [1.29, 1.82) is 0 Å². The number of aromatic nitrogens is 2. The number of benzene rings is 1. The second kappa shape index (κ2) is 8.75. The minimum Gasteiger partial charge on any atom is -0.391 e. The summed E-state index contributed by atoms with van der Waals surface area (Å²) in [7, 11) is 0. The van der Waals surface area contributed by atoms with Gasteiger partial charge in [-0.05, 0) is 18.6 Å². The fraction of sp³-hybridized carbons (Fsp3) is 0.217. The summed E-state index contributed by atoms with van der Waals surface area (Å²) in [4.78, 5) is 43.4. The molecule has 0 radical (unpaired) electrons. The Morgan fingerprint density at radius 3 is 2.50 bits per heavy atom. The summed E-state index contributed by atoms with van der Waals surface area (Å²) in [5, 5.41) is 12.0. The third kappa shape index (κ3) is 4.05. The monoisotopic (exact) mass is 472 g/mol. The number of hydrogen-bond donors (Lipinski definition) is 2. The van der Waals surface area contributed by atoms with Gasteiger partial charge in [-0.15, -0.1) is 0 Å². The van der Waals surface area contributed by atoms with Crippen LogP contribution in [0.15, 0.2) is 47.5 Å². The minimum atomic E-state index is -1.30. The third-order valence-electron chi connectivity index (χ3n) is 5.40. The molecule has 176 valence electrons. The molecule has 2 aromatic heterocycles. The highest BCUT2D eigenvalue weighted by Gasteiger charge is 2.31. The van der Waals surface area contributed by atoms with E-state index in [4.69, 9.17) is 0 Å². The van der Waals surface area contributed by atoms with Crippen LogP contribution in [0.25, 0.3) is 16.7 Å². The zero-order valence-corrected chi connectivity index (χ0v) is 17.9. The van der Waals surface area contributed by atoms with Crippen LogP contribution in [-0.4, -0.2) is 39.1 Å². The Labute approximate surface area is 190 Å². The first-order valence-corrected chi connectivity index (χ1v) is 10.3. The van der Waals surface area contributed by atoms with Crippen molar-refractivity contribution in [1.82, 2.24) is 14.9 Å². The number of hydrogen-bond acceptors (Lipinski definition) is 5. The van der Waals surface area contributed by atoms with E-state index in [-0.39, 0.29) is 29.8 Å². The van der Waals surface area contributed by atoms with Gasteiger partial charge in [0.1, 0.15) is 22.9 Å². The standard InChI is InChI=1S/C23H19F3N4O4/c1-3-11(2)27-23(34)15-10-30(20-16(25)6-12(24)7-17(20)26)22-14(21(15)33)4-5-18(28-22)29-9-13(31)8-19(29)32/h4-7,10,13,31H,2-3,8-9H2,1H3,(H,27,34). The van der Waals surface area contributed by atoms with Gasteiger partial charge in [0.05, 0.1) is 24.5 Å². The van der Waals surface area contributed by atoms with Gasteiger partial charge in [0.2, 0.25) is 11.3 Å². The molecule has 0 bridgehead atoms. The highest BCUT2D eigenvalue weighted by Crippen LogP contribution is 2.26. The molecule has 2 amide bonds. The SMILES string of the molecule is C=C(CC)NC(=O)c1cn(-c2c(F)cc(F)cc2F)c2nc(N3CC(O)CC3=O)ccc2c1=O. The highest BCUT2D eigenvalue weighted by atomic mass is 19.1. The van der Waals surface area contributed by atoms with Crippen LogP contribution in [0.5, 0.6) is 0 Å². The summed E-state index contributed by atoms with van der Waals surface area (Å²) in [6, 6.07) is 3.49. The van der Waals surface area contributed by atoms with E-state index >= 15 is 0 Å². The van der Waals surface area contributed by atoms with E-state index < -0.39 is 52.0 Å². The van der Waals surface area contributed by atoms with Crippen molar-refractivity contribution in [3.8, 4) is 5.69 Å². The van der Waals surface area contributed by atoms with E-state index in [0.29, 0.717) is 24.3 Å². The summed E-state index contributed by atoms with van der Waals surface area (Å²) >= 11 is 0. The molecule has 0 aliphatic carbocycles. The Hall–Kier alpha value is -3.99. The summed E-state index contributed by atoms with van der Waals surface area (Å²) in [5.74, 6) is -5.01. The summed E-state index contributed by atoms with van der Waals surface area (Å²) in [6.07, 6.45) is 0.237. The largest absolute Gasteiger partial charge is 0.391 e. The second-order valence-electron chi connectivity index (χ2n) is 7.77. The van der Waals surface area contributed by atoms with E-state index in [1.54, 1.807) is 6.92 Å². The van der Waals surface area contributed by atoms with Gasteiger partial charge in [0.25, 0.3) is 5.91 Å². The first-order chi connectivity index (χ1) is 16.1. The van der Waals surface area contributed by atoms with Crippen molar-refractivity contribution in [2.75, 3.05) is 11.4 Å². The number of fused-ring (bicyclic) bond motifs is 1. The number of anilines is 1. The van der Waals surface area contributed by atoms with Crippen molar-refractivity contribution in [2.24, 2.45) is 0 Å². The number of amides is 2. The van der Waals surface area contributed by atoms with Crippen molar-refractivity contribution >= 4 is 28.7 Å². The maximum Gasteiger partial charge on any atom is 0.260 e. The molecule has 2 N–H and O–H groups in total. The fourth-order valence-electron chi connectivity index (χ4n) is 3.67. The Bertz CT molecular complexity index is 1400. The number of nitrogens with one attached hydrogen (secondary N) is 1. The van der Waals surface area contributed by atoms with Gasteiger partial charge in [-0.1, -0.05) is 13.5 Å². The van der Waals surface area contributed by atoms with Crippen LogP contribution in [0.3, 0.4) is 0 Å². The van der Waals surface area contributed by atoms with Crippen molar-refractivity contribution in [2.45, 2.75) is 25.9 Å². The molecule has 0 spiro atoms. The molecular formula is C23H19F3N4O4. The summed E-state index contributed by atoms with van der Waals surface area (Å²) in [6.45, 7) is 5.32. The minimum absolute atomic E-state index is 0.0293.